The Balaban J connectivity index is 2.70. The van der Waals surface area contributed by atoms with Gasteiger partial charge in [-0.25, -0.2) is 4.79 Å². The number of likely N-dealkylation sites (tertiary alicyclic amines) is 1. The molecule has 0 aromatic carbocycles. The Morgan fingerprint density at radius 2 is 2.00 bits per heavy atom. The fourth-order valence-corrected chi connectivity index (χ4v) is 2.28. The summed E-state index contributed by atoms with van der Waals surface area (Å²) >= 11 is 0. The van der Waals surface area contributed by atoms with Crippen LogP contribution in [0, 0.1) is 5.92 Å². The van der Waals surface area contributed by atoms with Gasteiger partial charge in [-0.15, -0.1) is 0 Å². The largest absolute Gasteiger partial charge is 0.467 e. The SMILES string of the molecule is CCC(CC)C(=O)N1CCC[C@H]1C(=O)OC. The minimum atomic E-state index is -0.349. The van der Waals surface area contributed by atoms with E-state index in [2.05, 4.69) is 0 Å². The molecular formula is C12H21NO3. The predicted octanol–water partition coefficient (Wildman–Crippen LogP) is 1.59. The van der Waals surface area contributed by atoms with Crippen LogP contribution in [0.3, 0.4) is 0 Å². The second-order valence-corrected chi connectivity index (χ2v) is 4.23. The van der Waals surface area contributed by atoms with E-state index in [9.17, 15) is 9.59 Å². The van der Waals surface area contributed by atoms with Gasteiger partial charge in [0, 0.05) is 12.5 Å². The van der Waals surface area contributed by atoms with Crippen LogP contribution in [0.1, 0.15) is 39.5 Å². The maximum Gasteiger partial charge on any atom is 0.328 e. The molecule has 1 aliphatic rings. The Bertz CT molecular complexity index is 261. The Labute approximate surface area is 96.9 Å². The average Bonchev–Trinajstić information content (AvgIpc) is 2.78. The van der Waals surface area contributed by atoms with Crippen LogP contribution in [0.5, 0.6) is 0 Å². The van der Waals surface area contributed by atoms with Crippen molar-refractivity contribution in [3.63, 3.8) is 0 Å². The highest BCUT2D eigenvalue weighted by molar-refractivity contribution is 5.86. The zero-order valence-electron chi connectivity index (χ0n) is 10.4. The highest BCUT2D eigenvalue weighted by atomic mass is 16.5. The topological polar surface area (TPSA) is 46.6 Å². The molecule has 0 radical (unpaired) electrons. The first-order valence-corrected chi connectivity index (χ1v) is 6.03. The van der Waals surface area contributed by atoms with Crippen molar-refractivity contribution in [1.29, 1.82) is 0 Å². The van der Waals surface area contributed by atoms with Crippen LogP contribution in [-0.4, -0.2) is 36.5 Å². The van der Waals surface area contributed by atoms with Gasteiger partial charge in [-0.05, 0) is 25.7 Å². The fraction of sp³-hybridized carbons (Fsp3) is 0.833. The minimum Gasteiger partial charge on any atom is -0.467 e. The first-order chi connectivity index (χ1) is 7.65. The van der Waals surface area contributed by atoms with Gasteiger partial charge in [0.25, 0.3) is 0 Å². The van der Waals surface area contributed by atoms with Crippen LogP contribution in [-0.2, 0) is 14.3 Å². The van der Waals surface area contributed by atoms with E-state index in [0.717, 1.165) is 25.7 Å². The van der Waals surface area contributed by atoms with Crippen molar-refractivity contribution in [3.05, 3.63) is 0 Å². The predicted molar refractivity (Wildman–Crippen MR) is 60.8 cm³/mol. The third-order valence-corrected chi connectivity index (χ3v) is 3.34. The highest BCUT2D eigenvalue weighted by Crippen LogP contribution is 2.23. The van der Waals surface area contributed by atoms with Gasteiger partial charge in [0.05, 0.1) is 7.11 Å². The molecule has 1 heterocycles. The number of esters is 1. The monoisotopic (exact) mass is 227 g/mol. The summed E-state index contributed by atoms with van der Waals surface area (Å²) in [6, 6.07) is -0.349. The Hall–Kier alpha value is -1.06. The molecule has 16 heavy (non-hydrogen) atoms. The third-order valence-electron chi connectivity index (χ3n) is 3.34. The molecule has 0 aliphatic carbocycles. The van der Waals surface area contributed by atoms with E-state index in [4.69, 9.17) is 4.74 Å². The van der Waals surface area contributed by atoms with E-state index >= 15 is 0 Å². The van der Waals surface area contributed by atoms with Crippen LogP contribution in [0.25, 0.3) is 0 Å². The first kappa shape index (κ1) is 13.0. The van der Waals surface area contributed by atoms with Crippen molar-refractivity contribution in [2.24, 2.45) is 5.92 Å². The van der Waals surface area contributed by atoms with Crippen LogP contribution >= 0.6 is 0 Å². The number of hydrogen-bond acceptors (Lipinski definition) is 3. The van der Waals surface area contributed by atoms with Crippen molar-refractivity contribution in [2.75, 3.05) is 13.7 Å². The molecule has 4 heteroatoms. The lowest BCUT2D eigenvalue weighted by molar-refractivity contribution is -0.152. The van der Waals surface area contributed by atoms with Crippen molar-refractivity contribution in [1.82, 2.24) is 4.90 Å². The maximum atomic E-state index is 12.2. The standard InChI is InChI=1S/C12H21NO3/c1-4-9(5-2)11(14)13-8-6-7-10(13)12(15)16-3/h9-10H,4-8H2,1-3H3/t10-/m0/s1. The average molecular weight is 227 g/mol. The van der Waals surface area contributed by atoms with Crippen molar-refractivity contribution >= 4 is 11.9 Å². The fourth-order valence-electron chi connectivity index (χ4n) is 2.28. The summed E-state index contributed by atoms with van der Waals surface area (Å²) in [5.41, 5.74) is 0. The van der Waals surface area contributed by atoms with Crippen molar-refractivity contribution in [3.8, 4) is 0 Å². The second kappa shape index (κ2) is 5.87. The van der Waals surface area contributed by atoms with Gasteiger partial charge in [-0.2, -0.15) is 0 Å². The number of hydrogen-bond donors (Lipinski definition) is 0. The van der Waals surface area contributed by atoms with E-state index in [-0.39, 0.29) is 23.8 Å². The number of carbonyl (C=O) groups is 2. The lowest BCUT2D eigenvalue weighted by Crippen LogP contribution is -2.43. The highest BCUT2D eigenvalue weighted by Gasteiger charge is 2.36. The number of rotatable bonds is 4. The molecule has 1 aliphatic heterocycles. The Morgan fingerprint density at radius 1 is 1.38 bits per heavy atom. The minimum absolute atomic E-state index is 0.0465. The van der Waals surface area contributed by atoms with Crippen LogP contribution in [0.15, 0.2) is 0 Å². The molecular weight excluding hydrogens is 206 g/mol. The molecule has 1 amide bonds. The summed E-state index contributed by atoms with van der Waals surface area (Å²) in [5.74, 6) is -0.125. The van der Waals surface area contributed by atoms with E-state index in [1.165, 1.54) is 7.11 Å². The molecule has 0 bridgehead atoms. The number of methoxy groups -OCH3 is 1. The molecule has 0 aromatic rings. The summed E-state index contributed by atoms with van der Waals surface area (Å²) < 4.78 is 4.73. The molecule has 4 nitrogen and oxygen atoms in total. The lowest BCUT2D eigenvalue weighted by Gasteiger charge is -2.26. The van der Waals surface area contributed by atoms with Gasteiger partial charge in [0.2, 0.25) is 5.91 Å². The zero-order valence-corrected chi connectivity index (χ0v) is 10.4. The molecule has 92 valence electrons. The summed E-state index contributed by atoms with van der Waals surface area (Å²) in [5, 5.41) is 0. The summed E-state index contributed by atoms with van der Waals surface area (Å²) in [7, 11) is 1.38. The normalized spacial score (nSPS) is 20.2. The molecule has 0 aromatic heterocycles. The number of ether oxygens (including phenoxy) is 1. The van der Waals surface area contributed by atoms with Gasteiger partial charge in [-0.3, -0.25) is 4.79 Å². The summed E-state index contributed by atoms with van der Waals surface area (Å²) in [4.78, 5) is 25.4. The van der Waals surface area contributed by atoms with Gasteiger partial charge in [0.15, 0.2) is 0 Å². The third kappa shape index (κ3) is 2.54. The van der Waals surface area contributed by atoms with E-state index in [1.807, 2.05) is 13.8 Å². The molecule has 0 spiro atoms. The van der Waals surface area contributed by atoms with Gasteiger partial charge in [0.1, 0.15) is 6.04 Å². The maximum absolute atomic E-state index is 12.2. The molecule has 0 N–H and O–H groups in total. The molecule has 1 fully saturated rings. The van der Waals surface area contributed by atoms with E-state index in [1.54, 1.807) is 4.90 Å². The summed E-state index contributed by atoms with van der Waals surface area (Å²) in [6.07, 6.45) is 3.30. The number of nitrogens with zero attached hydrogens (tertiary/aromatic N) is 1. The Kier molecular flexibility index (Phi) is 4.77. The molecule has 1 atom stereocenters. The van der Waals surface area contributed by atoms with Crippen molar-refractivity contribution < 1.29 is 14.3 Å². The Morgan fingerprint density at radius 3 is 2.50 bits per heavy atom. The van der Waals surface area contributed by atoms with Crippen LogP contribution < -0.4 is 0 Å². The van der Waals surface area contributed by atoms with Crippen LogP contribution in [0.2, 0.25) is 0 Å². The van der Waals surface area contributed by atoms with E-state index < -0.39 is 0 Å². The molecule has 0 saturated carbocycles. The van der Waals surface area contributed by atoms with Gasteiger partial charge in [-0.1, -0.05) is 13.8 Å². The van der Waals surface area contributed by atoms with E-state index in [0.29, 0.717) is 6.54 Å². The lowest BCUT2D eigenvalue weighted by atomic mass is 10.0. The van der Waals surface area contributed by atoms with Gasteiger partial charge >= 0.3 is 5.97 Å². The second-order valence-electron chi connectivity index (χ2n) is 4.23. The zero-order chi connectivity index (χ0) is 12.1. The van der Waals surface area contributed by atoms with Crippen molar-refractivity contribution in [2.45, 2.75) is 45.6 Å². The number of carbonyl (C=O) groups excluding carboxylic acids is 2. The summed E-state index contributed by atoms with van der Waals surface area (Å²) in [6.45, 7) is 4.71. The van der Waals surface area contributed by atoms with Crippen LogP contribution in [0.4, 0.5) is 0 Å². The molecule has 1 saturated heterocycles. The number of amides is 1. The smallest absolute Gasteiger partial charge is 0.328 e. The molecule has 1 rings (SSSR count). The quantitative estimate of drug-likeness (QED) is 0.685. The van der Waals surface area contributed by atoms with Gasteiger partial charge < -0.3 is 9.64 Å². The molecule has 0 unspecified atom stereocenters. The first-order valence-electron chi connectivity index (χ1n) is 6.03.